The molecule has 1 fully saturated rings. The maximum absolute atomic E-state index is 12.8. The van der Waals surface area contributed by atoms with Crippen LogP contribution in [0.15, 0.2) is 41.6 Å². The quantitative estimate of drug-likeness (QED) is 0.739. The minimum absolute atomic E-state index is 0.0816. The van der Waals surface area contributed by atoms with Crippen LogP contribution in [0.2, 0.25) is 5.02 Å². The number of thioether (sulfide) groups is 1. The molecule has 0 spiro atoms. The number of amides is 1. The largest absolute Gasteiger partial charge is 0.486 e. The summed E-state index contributed by atoms with van der Waals surface area (Å²) in [6, 6.07) is 9.63. The van der Waals surface area contributed by atoms with Crippen molar-refractivity contribution in [2.45, 2.75) is 23.9 Å². The monoisotopic (exact) mass is 390 g/mol. The number of hydrogen-bond donors (Lipinski definition) is 0. The lowest BCUT2D eigenvalue weighted by molar-refractivity contribution is -0.129. The Morgan fingerprint density at radius 1 is 1.27 bits per heavy atom. The van der Waals surface area contributed by atoms with Crippen LogP contribution in [0.4, 0.5) is 0 Å². The lowest BCUT2D eigenvalue weighted by atomic mass is 10.0. The van der Waals surface area contributed by atoms with Gasteiger partial charge in [0.25, 0.3) is 0 Å². The van der Waals surface area contributed by atoms with Gasteiger partial charge in [-0.25, -0.2) is 4.98 Å². The van der Waals surface area contributed by atoms with Crippen LogP contribution in [0, 0.1) is 0 Å². The number of pyridine rings is 1. The molecule has 0 N–H and O–H groups in total. The number of carbonyl (C=O) groups is 1. The summed E-state index contributed by atoms with van der Waals surface area (Å²) in [7, 11) is 0. The Kier molecular flexibility index (Phi) is 5.22. The molecule has 1 atom stereocenters. The predicted molar refractivity (Wildman–Crippen MR) is 101 cm³/mol. The van der Waals surface area contributed by atoms with E-state index in [1.807, 2.05) is 23.1 Å². The van der Waals surface area contributed by atoms with E-state index in [4.69, 9.17) is 21.1 Å². The van der Waals surface area contributed by atoms with Crippen molar-refractivity contribution < 1.29 is 14.3 Å². The molecular formula is C19H19ClN2O3S. The zero-order valence-electron chi connectivity index (χ0n) is 14.2. The van der Waals surface area contributed by atoms with Crippen LogP contribution >= 0.6 is 23.4 Å². The van der Waals surface area contributed by atoms with Gasteiger partial charge < -0.3 is 14.4 Å². The Morgan fingerprint density at radius 3 is 2.96 bits per heavy atom. The molecule has 2 aliphatic rings. The molecule has 2 aliphatic heterocycles. The van der Waals surface area contributed by atoms with Gasteiger partial charge >= 0.3 is 0 Å². The number of benzene rings is 1. The molecule has 1 saturated heterocycles. The van der Waals surface area contributed by atoms with Gasteiger partial charge in [-0.15, -0.1) is 0 Å². The van der Waals surface area contributed by atoms with E-state index in [0.717, 1.165) is 36.4 Å². The van der Waals surface area contributed by atoms with E-state index >= 15 is 0 Å². The van der Waals surface area contributed by atoms with Crippen LogP contribution in [0.3, 0.4) is 0 Å². The van der Waals surface area contributed by atoms with E-state index < -0.39 is 0 Å². The Labute approximate surface area is 161 Å². The first-order chi connectivity index (χ1) is 12.7. The number of rotatable bonds is 4. The van der Waals surface area contributed by atoms with Crippen LogP contribution in [-0.4, -0.2) is 41.3 Å². The molecule has 2 aromatic rings. The van der Waals surface area contributed by atoms with Crippen LogP contribution in [0.1, 0.15) is 24.4 Å². The fourth-order valence-corrected chi connectivity index (χ4v) is 4.42. The molecule has 1 aromatic carbocycles. The molecule has 0 unspecified atom stereocenters. The number of carbonyl (C=O) groups excluding carboxylic acids is 1. The minimum Gasteiger partial charge on any atom is -0.486 e. The maximum Gasteiger partial charge on any atom is 0.233 e. The highest BCUT2D eigenvalue weighted by atomic mass is 35.5. The Morgan fingerprint density at radius 2 is 2.12 bits per heavy atom. The van der Waals surface area contributed by atoms with Crippen molar-refractivity contribution in [3.05, 3.63) is 47.1 Å². The van der Waals surface area contributed by atoms with Gasteiger partial charge in [0.1, 0.15) is 18.2 Å². The normalized spacial score (nSPS) is 18.8. The molecule has 136 valence electrons. The van der Waals surface area contributed by atoms with E-state index in [-0.39, 0.29) is 11.9 Å². The van der Waals surface area contributed by atoms with Crippen molar-refractivity contribution in [3.8, 4) is 11.5 Å². The van der Waals surface area contributed by atoms with E-state index in [1.54, 1.807) is 18.3 Å². The lowest BCUT2D eigenvalue weighted by Gasteiger charge is -2.26. The summed E-state index contributed by atoms with van der Waals surface area (Å²) in [5, 5.41) is 1.27. The van der Waals surface area contributed by atoms with Gasteiger partial charge in [0.2, 0.25) is 5.91 Å². The summed E-state index contributed by atoms with van der Waals surface area (Å²) in [4.78, 5) is 19.0. The molecule has 3 heterocycles. The van der Waals surface area contributed by atoms with Gasteiger partial charge in [0.05, 0.1) is 16.8 Å². The number of hydrogen-bond acceptors (Lipinski definition) is 5. The maximum atomic E-state index is 12.8. The number of halogens is 1. The number of nitrogens with zero attached hydrogens (tertiary/aromatic N) is 2. The molecular weight excluding hydrogens is 372 g/mol. The first kappa shape index (κ1) is 17.5. The first-order valence-electron chi connectivity index (χ1n) is 8.65. The highest BCUT2D eigenvalue weighted by Crippen LogP contribution is 2.38. The lowest BCUT2D eigenvalue weighted by Crippen LogP contribution is -2.32. The van der Waals surface area contributed by atoms with Gasteiger partial charge in [-0.2, -0.15) is 0 Å². The molecule has 1 amide bonds. The average Bonchev–Trinajstić information content (AvgIpc) is 3.17. The Balaban J connectivity index is 1.46. The molecule has 0 radical (unpaired) electrons. The second-order valence-electron chi connectivity index (χ2n) is 6.23. The molecule has 4 rings (SSSR count). The smallest absolute Gasteiger partial charge is 0.233 e. The molecule has 0 bridgehead atoms. The summed E-state index contributed by atoms with van der Waals surface area (Å²) in [6.45, 7) is 1.91. The van der Waals surface area contributed by atoms with Gasteiger partial charge in [0.15, 0.2) is 11.5 Å². The molecule has 0 saturated carbocycles. The van der Waals surface area contributed by atoms with E-state index in [9.17, 15) is 4.79 Å². The molecule has 5 nitrogen and oxygen atoms in total. The van der Waals surface area contributed by atoms with E-state index in [0.29, 0.717) is 29.0 Å². The first-order valence-corrected chi connectivity index (χ1v) is 10.0. The second-order valence-corrected chi connectivity index (χ2v) is 7.60. The number of aromatic nitrogens is 1. The SMILES string of the molecule is O=C(CSc1ncccc1Cl)N1CCC[C@H]1c1ccc2c(c1)OCCO2. The van der Waals surface area contributed by atoms with Crippen LogP contribution in [0.5, 0.6) is 11.5 Å². The fourth-order valence-electron chi connectivity index (χ4n) is 3.37. The number of ether oxygens (including phenoxy) is 2. The molecule has 0 aliphatic carbocycles. The zero-order valence-corrected chi connectivity index (χ0v) is 15.8. The van der Waals surface area contributed by atoms with E-state index in [2.05, 4.69) is 4.98 Å². The van der Waals surface area contributed by atoms with Crippen LogP contribution in [-0.2, 0) is 4.79 Å². The minimum atomic E-state index is 0.0816. The summed E-state index contributed by atoms with van der Waals surface area (Å²) < 4.78 is 11.3. The van der Waals surface area contributed by atoms with Crippen molar-refractivity contribution in [3.63, 3.8) is 0 Å². The topological polar surface area (TPSA) is 51.7 Å². The van der Waals surface area contributed by atoms with Crippen LogP contribution < -0.4 is 9.47 Å². The Hall–Kier alpha value is -1.92. The third-order valence-electron chi connectivity index (χ3n) is 4.58. The standard InChI is InChI=1S/C19H19ClN2O3S/c20-14-3-1-7-21-19(14)26-12-18(23)22-8-2-4-15(22)13-5-6-16-17(11-13)25-10-9-24-16/h1,3,5-7,11,15H,2,4,8-10,12H2/t15-/m0/s1. The number of likely N-dealkylation sites (tertiary alicyclic amines) is 1. The highest BCUT2D eigenvalue weighted by molar-refractivity contribution is 8.00. The van der Waals surface area contributed by atoms with Crippen molar-refractivity contribution in [2.24, 2.45) is 0 Å². The van der Waals surface area contributed by atoms with Crippen molar-refractivity contribution in [1.82, 2.24) is 9.88 Å². The molecule has 26 heavy (non-hydrogen) atoms. The third-order valence-corrected chi connectivity index (χ3v) is 5.99. The summed E-state index contributed by atoms with van der Waals surface area (Å²) in [5.41, 5.74) is 1.10. The second kappa shape index (κ2) is 7.76. The number of fused-ring (bicyclic) bond motifs is 1. The van der Waals surface area contributed by atoms with Gasteiger partial charge in [-0.3, -0.25) is 4.79 Å². The fraction of sp³-hybridized carbons (Fsp3) is 0.368. The average molecular weight is 391 g/mol. The zero-order chi connectivity index (χ0) is 17.9. The van der Waals surface area contributed by atoms with Gasteiger partial charge in [0, 0.05) is 12.7 Å². The van der Waals surface area contributed by atoms with Crippen molar-refractivity contribution in [1.29, 1.82) is 0 Å². The highest BCUT2D eigenvalue weighted by Gasteiger charge is 2.30. The van der Waals surface area contributed by atoms with Gasteiger partial charge in [-0.05, 0) is 42.7 Å². The third kappa shape index (κ3) is 3.62. The molecule has 1 aromatic heterocycles. The predicted octanol–water partition coefficient (Wildman–Crippen LogP) is 3.96. The van der Waals surface area contributed by atoms with Crippen molar-refractivity contribution in [2.75, 3.05) is 25.5 Å². The van der Waals surface area contributed by atoms with Crippen molar-refractivity contribution >= 4 is 29.3 Å². The van der Waals surface area contributed by atoms with Crippen LogP contribution in [0.25, 0.3) is 0 Å². The summed E-state index contributed by atoms with van der Waals surface area (Å²) in [6.07, 6.45) is 3.65. The molecule has 7 heteroatoms. The van der Waals surface area contributed by atoms with Gasteiger partial charge in [-0.1, -0.05) is 29.4 Å². The summed E-state index contributed by atoms with van der Waals surface area (Å²) >= 11 is 7.51. The van der Waals surface area contributed by atoms with E-state index in [1.165, 1.54) is 11.8 Å². The summed E-state index contributed by atoms with van der Waals surface area (Å²) in [5.74, 6) is 1.98. The Bertz CT molecular complexity index is 817.